The van der Waals surface area contributed by atoms with Crippen LogP contribution in [0.2, 0.25) is 0 Å². The molecule has 0 aliphatic carbocycles. The third kappa shape index (κ3) is 3.07. The molecule has 1 aliphatic rings. The van der Waals surface area contributed by atoms with Gasteiger partial charge in [-0.3, -0.25) is 4.57 Å². The number of fused-ring (bicyclic) bond motifs is 1. The molecule has 3 aromatic rings. The Morgan fingerprint density at radius 3 is 2.46 bits per heavy atom. The first-order valence-corrected chi connectivity index (χ1v) is 9.75. The molecule has 0 amide bonds. The van der Waals surface area contributed by atoms with Gasteiger partial charge in [-0.2, -0.15) is 4.31 Å². The number of oxazole rings is 1. The molecule has 0 bridgehead atoms. The van der Waals surface area contributed by atoms with E-state index in [0.717, 1.165) is 5.56 Å². The predicted octanol–water partition coefficient (Wildman–Crippen LogP) is 1.66. The first-order valence-electron chi connectivity index (χ1n) is 8.31. The molecule has 0 N–H and O–H groups in total. The monoisotopic (exact) mass is 374 g/mol. The average Bonchev–Trinajstić information content (AvgIpc) is 2.98. The fraction of sp³-hybridized carbons (Fsp3) is 0.278. The first kappa shape index (κ1) is 17.0. The first-order chi connectivity index (χ1) is 12.6. The Kier molecular flexibility index (Phi) is 4.39. The van der Waals surface area contributed by atoms with Crippen LogP contribution in [0.25, 0.3) is 11.1 Å². The zero-order valence-corrected chi connectivity index (χ0v) is 14.8. The van der Waals surface area contributed by atoms with Crippen LogP contribution in [-0.4, -0.2) is 43.6 Å². The largest absolute Gasteiger partial charge is 0.420 e. The molecule has 0 atom stereocenters. The summed E-state index contributed by atoms with van der Waals surface area (Å²) < 4.78 is 38.9. The third-order valence-corrected chi connectivity index (χ3v) is 6.33. The number of nitrogens with zero attached hydrogens (tertiary/aromatic N) is 2. The summed E-state index contributed by atoms with van der Waals surface area (Å²) >= 11 is 0. The van der Waals surface area contributed by atoms with Crippen molar-refractivity contribution in [3.05, 3.63) is 64.6 Å². The SMILES string of the molecule is O=c1oc2cc(S(=O)(=O)N3CCOCC3)ccc2n1Cc1ccccc1. The summed E-state index contributed by atoms with van der Waals surface area (Å²) in [5.74, 6) is -0.509. The Bertz CT molecular complexity index is 1080. The third-order valence-electron chi connectivity index (χ3n) is 4.43. The number of sulfonamides is 1. The standard InChI is InChI=1S/C18H18N2O5S/c21-18-20(13-14-4-2-1-3-5-14)16-7-6-15(12-17(16)25-18)26(22,23)19-8-10-24-11-9-19/h1-7,12H,8-11,13H2. The zero-order chi connectivity index (χ0) is 18.1. The molecule has 26 heavy (non-hydrogen) atoms. The van der Waals surface area contributed by atoms with E-state index in [0.29, 0.717) is 38.4 Å². The molecule has 4 rings (SSSR count). The molecule has 0 saturated carbocycles. The predicted molar refractivity (Wildman–Crippen MR) is 95.6 cm³/mol. The Morgan fingerprint density at radius 1 is 1.00 bits per heavy atom. The Morgan fingerprint density at radius 2 is 1.73 bits per heavy atom. The molecule has 7 nitrogen and oxygen atoms in total. The minimum Gasteiger partial charge on any atom is -0.408 e. The number of ether oxygens (including phenoxy) is 1. The molecule has 8 heteroatoms. The number of benzene rings is 2. The second-order valence-electron chi connectivity index (χ2n) is 6.09. The van der Waals surface area contributed by atoms with Gasteiger partial charge in [0.15, 0.2) is 5.58 Å². The number of hydrogen-bond donors (Lipinski definition) is 0. The van der Waals surface area contributed by atoms with Crippen LogP contribution in [0.3, 0.4) is 0 Å². The molecule has 0 unspecified atom stereocenters. The fourth-order valence-electron chi connectivity index (χ4n) is 3.06. The summed E-state index contributed by atoms with van der Waals surface area (Å²) in [6.45, 7) is 1.76. The van der Waals surface area contributed by atoms with Crippen LogP contribution < -0.4 is 5.76 Å². The summed E-state index contributed by atoms with van der Waals surface area (Å²) in [5, 5.41) is 0. The maximum absolute atomic E-state index is 12.8. The van der Waals surface area contributed by atoms with E-state index in [9.17, 15) is 13.2 Å². The summed E-state index contributed by atoms with van der Waals surface area (Å²) in [4.78, 5) is 12.3. The number of aromatic nitrogens is 1. The van der Waals surface area contributed by atoms with Gasteiger partial charge in [0.25, 0.3) is 0 Å². The molecule has 1 fully saturated rings. The van der Waals surface area contributed by atoms with E-state index in [1.807, 2.05) is 30.3 Å². The quantitative estimate of drug-likeness (QED) is 0.694. The van der Waals surface area contributed by atoms with Crippen LogP contribution in [-0.2, 0) is 21.3 Å². The van der Waals surface area contributed by atoms with E-state index in [-0.39, 0.29) is 10.5 Å². The lowest BCUT2D eigenvalue weighted by Gasteiger charge is -2.25. The van der Waals surface area contributed by atoms with E-state index in [1.165, 1.54) is 21.0 Å². The topological polar surface area (TPSA) is 81.8 Å². The van der Waals surface area contributed by atoms with E-state index in [1.54, 1.807) is 6.07 Å². The van der Waals surface area contributed by atoms with Crippen molar-refractivity contribution >= 4 is 21.1 Å². The highest BCUT2D eigenvalue weighted by Gasteiger charge is 2.27. The molecule has 136 valence electrons. The minimum absolute atomic E-state index is 0.118. The maximum atomic E-state index is 12.8. The van der Waals surface area contributed by atoms with Gasteiger partial charge in [0.05, 0.1) is 30.2 Å². The van der Waals surface area contributed by atoms with Crippen LogP contribution in [0.5, 0.6) is 0 Å². The second kappa shape index (κ2) is 6.71. The van der Waals surface area contributed by atoms with Gasteiger partial charge >= 0.3 is 5.76 Å². The van der Waals surface area contributed by atoms with Gasteiger partial charge < -0.3 is 9.15 Å². The van der Waals surface area contributed by atoms with E-state index >= 15 is 0 Å². The maximum Gasteiger partial charge on any atom is 0.420 e. The van der Waals surface area contributed by atoms with E-state index in [4.69, 9.17) is 9.15 Å². The van der Waals surface area contributed by atoms with Crippen molar-refractivity contribution in [3.63, 3.8) is 0 Å². The Hall–Kier alpha value is -2.42. The Balaban J connectivity index is 1.72. The van der Waals surface area contributed by atoms with Gasteiger partial charge in [-0.05, 0) is 17.7 Å². The highest BCUT2D eigenvalue weighted by Crippen LogP contribution is 2.22. The summed E-state index contributed by atoms with van der Waals surface area (Å²) in [7, 11) is -3.63. The van der Waals surface area contributed by atoms with Crippen LogP contribution in [0, 0.1) is 0 Å². The van der Waals surface area contributed by atoms with Crippen LogP contribution in [0.1, 0.15) is 5.56 Å². The van der Waals surface area contributed by atoms with Gasteiger partial charge in [0.2, 0.25) is 10.0 Å². The molecule has 2 heterocycles. The molecule has 1 aromatic heterocycles. The molecule has 2 aromatic carbocycles. The van der Waals surface area contributed by atoms with Crippen molar-refractivity contribution in [3.8, 4) is 0 Å². The van der Waals surface area contributed by atoms with E-state index < -0.39 is 15.8 Å². The summed E-state index contributed by atoms with van der Waals surface area (Å²) in [6, 6.07) is 14.1. The molecular formula is C18H18N2O5S. The average molecular weight is 374 g/mol. The molecular weight excluding hydrogens is 356 g/mol. The van der Waals surface area contributed by atoms with Crippen molar-refractivity contribution < 1.29 is 17.6 Å². The van der Waals surface area contributed by atoms with Gasteiger partial charge in [-0.25, -0.2) is 13.2 Å². The number of rotatable bonds is 4. The molecule has 0 spiro atoms. The summed E-state index contributed by atoms with van der Waals surface area (Å²) in [5.41, 5.74) is 1.79. The van der Waals surface area contributed by atoms with Crippen molar-refractivity contribution in [2.75, 3.05) is 26.3 Å². The Labute approximate surface area is 150 Å². The van der Waals surface area contributed by atoms with Gasteiger partial charge in [-0.1, -0.05) is 30.3 Å². The van der Waals surface area contributed by atoms with Crippen molar-refractivity contribution in [1.82, 2.24) is 8.87 Å². The fourth-order valence-corrected chi connectivity index (χ4v) is 4.48. The van der Waals surface area contributed by atoms with E-state index in [2.05, 4.69) is 0 Å². The highest BCUT2D eigenvalue weighted by atomic mass is 32.2. The van der Waals surface area contributed by atoms with Crippen molar-refractivity contribution in [1.29, 1.82) is 0 Å². The summed E-state index contributed by atoms with van der Waals surface area (Å²) in [6.07, 6.45) is 0. The normalized spacial score (nSPS) is 16.2. The highest BCUT2D eigenvalue weighted by molar-refractivity contribution is 7.89. The lowest BCUT2D eigenvalue weighted by Crippen LogP contribution is -2.40. The van der Waals surface area contributed by atoms with Crippen molar-refractivity contribution in [2.24, 2.45) is 0 Å². The van der Waals surface area contributed by atoms with Gasteiger partial charge in [0, 0.05) is 19.2 Å². The van der Waals surface area contributed by atoms with Crippen LogP contribution in [0.15, 0.2) is 62.6 Å². The number of morpholine rings is 1. The zero-order valence-electron chi connectivity index (χ0n) is 14.0. The lowest BCUT2D eigenvalue weighted by atomic mass is 10.2. The van der Waals surface area contributed by atoms with Gasteiger partial charge in [-0.15, -0.1) is 0 Å². The number of hydrogen-bond acceptors (Lipinski definition) is 5. The van der Waals surface area contributed by atoms with Gasteiger partial charge in [0.1, 0.15) is 0 Å². The van der Waals surface area contributed by atoms with Crippen LogP contribution >= 0.6 is 0 Å². The second-order valence-corrected chi connectivity index (χ2v) is 8.02. The molecule has 0 radical (unpaired) electrons. The molecule has 1 aliphatic heterocycles. The van der Waals surface area contributed by atoms with Crippen LogP contribution in [0.4, 0.5) is 0 Å². The molecule has 1 saturated heterocycles. The van der Waals surface area contributed by atoms with Crippen molar-refractivity contribution in [2.45, 2.75) is 11.4 Å². The lowest BCUT2D eigenvalue weighted by molar-refractivity contribution is 0.0730. The smallest absolute Gasteiger partial charge is 0.408 e. The minimum atomic E-state index is -3.63.